The number of rotatable bonds is 4. The van der Waals surface area contributed by atoms with E-state index in [9.17, 15) is 18.0 Å². The fourth-order valence-electron chi connectivity index (χ4n) is 3.16. The van der Waals surface area contributed by atoms with E-state index in [2.05, 4.69) is 0 Å². The van der Waals surface area contributed by atoms with Crippen LogP contribution in [-0.2, 0) is 19.6 Å². The van der Waals surface area contributed by atoms with E-state index in [4.69, 9.17) is 4.74 Å². The largest absolute Gasteiger partial charge is 0.450 e. The second-order valence-electron chi connectivity index (χ2n) is 6.11. The zero-order valence-electron chi connectivity index (χ0n) is 14.4. The summed E-state index contributed by atoms with van der Waals surface area (Å²) in [6.07, 6.45) is 1.08. The molecular formula is C15H27N3O5S. The average molecular weight is 361 g/mol. The van der Waals surface area contributed by atoms with Crippen molar-refractivity contribution in [1.29, 1.82) is 0 Å². The predicted octanol–water partition coefficient (Wildman–Crippen LogP) is 0.349. The second-order valence-corrected chi connectivity index (χ2v) is 8.37. The number of carbonyl (C=O) groups is 2. The minimum atomic E-state index is -3.25. The molecular weight excluding hydrogens is 334 g/mol. The van der Waals surface area contributed by atoms with E-state index in [1.165, 1.54) is 4.31 Å². The van der Waals surface area contributed by atoms with Gasteiger partial charge in [-0.1, -0.05) is 0 Å². The summed E-state index contributed by atoms with van der Waals surface area (Å²) in [6.45, 7) is 6.32. The maximum absolute atomic E-state index is 12.7. The van der Waals surface area contributed by atoms with Gasteiger partial charge in [0.05, 0.1) is 18.3 Å². The molecule has 2 amide bonds. The lowest BCUT2D eigenvalue weighted by molar-refractivity contribution is -0.138. The third-order valence-electron chi connectivity index (χ3n) is 4.61. The molecule has 0 saturated carbocycles. The Morgan fingerprint density at radius 2 is 1.67 bits per heavy atom. The Labute approximate surface area is 143 Å². The van der Waals surface area contributed by atoms with Gasteiger partial charge in [0.15, 0.2) is 0 Å². The van der Waals surface area contributed by atoms with E-state index < -0.39 is 10.0 Å². The Morgan fingerprint density at radius 3 is 2.25 bits per heavy atom. The van der Waals surface area contributed by atoms with Gasteiger partial charge in [0.2, 0.25) is 15.9 Å². The van der Waals surface area contributed by atoms with E-state index in [0.717, 1.165) is 0 Å². The van der Waals surface area contributed by atoms with E-state index in [1.54, 1.807) is 23.6 Å². The van der Waals surface area contributed by atoms with Crippen LogP contribution in [0.1, 0.15) is 26.7 Å². The highest BCUT2D eigenvalue weighted by Gasteiger charge is 2.35. The number of amides is 2. The zero-order chi connectivity index (χ0) is 17.7. The van der Waals surface area contributed by atoms with Crippen LogP contribution in [0.25, 0.3) is 0 Å². The molecule has 0 aliphatic carbocycles. The van der Waals surface area contributed by atoms with Gasteiger partial charge in [0, 0.05) is 39.3 Å². The molecule has 1 atom stereocenters. The zero-order valence-corrected chi connectivity index (χ0v) is 15.3. The third-order valence-corrected chi connectivity index (χ3v) is 6.46. The molecule has 0 bridgehead atoms. The molecule has 0 unspecified atom stereocenters. The molecule has 2 rings (SSSR count). The molecule has 2 saturated heterocycles. The van der Waals surface area contributed by atoms with Crippen molar-refractivity contribution in [1.82, 2.24) is 14.1 Å². The van der Waals surface area contributed by atoms with Crippen molar-refractivity contribution in [3.05, 3.63) is 0 Å². The molecule has 2 aliphatic heterocycles. The van der Waals surface area contributed by atoms with Crippen LogP contribution in [0, 0.1) is 5.92 Å². The number of ether oxygens (including phenoxy) is 1. The molecule has 0 aromatic heterocycles. The van der Waals surface area contributed by atoms with Crippen LogP contribution >= 0.6 is 0 Å². The monoisotopic (exact) mass is 361 g/mol. The molecule has 0 radical (unpaired) electrons. The molecule has 8 nitrogen and oxygen atoms in total. The third kappa shape index (κ3) is 4.38. The first-order chi connectivity index (χ1) is 11.4. The molecule has 0 spiro atoms. The van der Waals surface area contributed by atoms with Crippen molar-refractivity contribution in [2.24, 2.45) is 5.92 Å². The van der Waals surface area contributed by atoms with Gasteiger partial charge in [0.25, 0.3) is 0 Å². The highest BCUT2D eigenvalue weighted by molar-refractivity contribution is 7.89. The van der Waals surface area contributed by atoms with Gasteiger partial charge in [0.1, 0.15) is 0 Å². The van der Waals surface area contributed by atoms with Crippen molar-refractivity contribution in [2.45, 2.75) is 26.7 Å². The summed E-state index contributed by atoms with van der Waals surface area (Å²) >= 11 is 0. The molecule has 138 valence electrons. The maximum atomic E-state index is 12.7. The first kappa shape index (κ1) is 19.0. The average Bonchev–Trinajstić information content (AvgIpc) is 2.61. The number of carbonyl (C=O) groups excluding carboxylic acids is 2. The first-order valence-corrected chi connectivity index (χ1v) is 10.2. The Balaban J connectivity index is 1.90. The normalized spacial score (nSPS) is 23.2. The van der Waals surface area contributed by atoms with Gasteiger partial charge in [-0.15, -0.1) is 0 Å². The van der Waals surface area contributed by atoms with Gasteiger partial charge in [-0.3, -0.25) is 4.79 Å². The first-order valence-electron chi connectivity index (χ1n) is 8.57. The molecule has 0 aromatic rings. The Hall–Kier alpha value is -1.35. The lowest BCUT2D eigenvalue weighted by atomic mass is 9.98. The van der Waals surface area contributed by atoms with E-state index in [1.807, 2.05) is 0 Å². The van der Waals surface area contributed by atoms with Crippen molar-refractivity contribution in [3.8, 4) is 0 Å². The Kier molecular flexibility index (Phi) is 6.45. The van der Waals surface area contributed by atoms with Crippen molar-refractivity contribution in [3.63, 3.8) is 0 Å². The number of hydrogen-bond acceptors (Lipinski definition) is 5. The summed E-state index contributed by atoms with van der Waals surface area (Å²) < 4.78 is 30.4. The smallest absolute Gasteiger partial charge is 0.409 e. The standard InChI is InChI=1S/C15H27N3O5S/c1-3-23-15(20)17-10-8-16(9-11-17)14(19)13-6-5-7-18(12-13)24(21,22)4-2/h13H,3-12H2,1-2H3/t13-/m0/s1. The molecule has 24 heavy (non-hydrogen) atoms. The number of hydrogen-bond donors (Lipinski definition) is 0. The van der Waals surface area contributed by atoms with Crippen LogP contribution in [0.15, 0.2) is 0 Å². The second kappa shape index (κ2) is 8.15. The SMILES string of the molecule is CCOC(=O)N1CCN(C(=O)[C@H]2CCCN(S(=O)(=O)CC)C2)CC1. The minimum absolute atomic E-state index is 0.00508. The van der Waals surface area contributed by atoms with E-state index in [-0.39, 0.29) is 30.2 Å². The summed E-state index contributed by atoms with van der Waals surface area (Å²) in [6, 6.07) is 0. The quantitative estimate of drug-likeness (QED) is 0.721. The molecule has 9 heteroatoms. The predicted molar refractivity (Wildman–Crippen MR) is 88.9 cm³/mol. The molecule has 2 aliphatic rings. The fourth-order valence-corrected chi connectivity index (χ4v) is 4.34. The Morgan fingerprint density at radius 1 is 1.04 bits per heavy atom. The van der Waals surface area contributed by atoms with Gasteiger partial charge in [-0.05, 0) is 26.7 Å². The van der Waals surface area contributed by atoms with Crippen LogP contribution in [-0.4, -0.2) is 86.2 Å². The summed E-state index contributed by atoms with van der Waals surface area (Å²) in [5, 5.41) is 0. The highest BCUT2D eigenvalue weighted by atomic mass is 32.2. The van der Waals surface area contributed by atoms with Crippen LogP contribution in [0.2, 0.25) is 0 Å². The topological polar surface area (TPSA) is 87.2 Å². The number of piperidine rings is 1. The summed E-state index contributed by atoms with van der Waals surface area (Å²) in [7, 11) is -3.25. The molecule has 0 aromatic carbocycles. The molecule has 0 N–H and O–H groups in total. The highest BCUT2D eigenvalue weighted by Crippen LogP contribution is 2.22. The van der Waals surface area contributed by atoms with Crippen molar-refractivity contribution >= 4 is 22.0 Å². The lowest BCUT2D eigenvalue weighted by Gasteiger charge is -2.38. The molecule has 2 fully saturated rings. The number of nitrogens with zero attached hydrogens (tertiary/aromatic N) is 3. The number of piperazine rings is 1. The van der Waals surface area contributed by atoms with Gasteiger partial charge < -0.3 is 14.5 Å². The lowest BCUT2D eigenvalue weighted by Crippen LogP contribution is -2.54. The molecule has 2 heterocycles. The fraction of sp³-hybridized carbons (Fsp3) is 0.867. The Bertz CT molecular complexity index is 557. The van der Waals surface area contributed by atoms with Gasteiger partial charge in [-0.2, -0.15) is 0 Å². The number of sulfonamides is 1. The van der Waals surface area contributed by atoms with Crippen LogP contribution < -0.4 is 0 Å². The van der Waals surface area contributed by atoms with Gasteiger partial charge in [-0.25, -0.2) is 17.5 Å². The van der Waals surface area contributed by atoms with Crippen LogP contribution in [0.4, 0.5) is 4.79 Å². The van der Waals surface area contributed by atoms with Crippen molar-refractivity contribution < 1.29 is 22.7 Å². The van der Waals surface area contributed by atoms with Crippen LogP contribution in [0.5, 0.6) is 0 Å². The summed E-state index contributed by atoms with van der Waals surface area (Å²) in [5.74, 6) is -0.227. The maximum Gasteiger partial charge on any atom is 0.409 e. The summed E-state index contributed by atoms with van der Waals surface area (Å²) in [4.78, 5) is 27.7. The van der Waals surface area contributed by atoms with Crippen LogP contribution in [0.3, 0.4) is 0 Å². The van der Waals surface area contributed by atoms with Crippen molar-refractivity contribution in [2.75, 3.05) is 51.6 Å². The minimum Gasteiger partial charge on any atom is -0.450 e. The van der Waals surface area contributed by atoms with E-state index in [0.29, 0.717) is 52.2 Å². The van der Waals surface area contributed by atoms with Gasteiger partial charge >= 0.3 is 6.09 Å². The summed E-state index contributed by atoms with van der Waals surface area (Å²) in [5.41, 5.74) is 0. The van der Waals surface area contributed by atoms with E-state index >= 15 is 0 Å².